The molecule has 0 amide bonds. The lowest BCUT2D eigenvalue weighted by Crippen LogP contribution is -1.70. The molecule has 0 atom stereocenters. The lowest BCUT2D eigenvalue weighted by Gasteiger charge is -1.88. The predicted octanol–water partition coefficient (Wildman–Crippen LogP) is 3.29. The topological polar surface area (TPSA) is 34.1 Å². The van der Waals surface area contributed by atoms with Crippen molar-refractivity contribution >= 4 is 45.6 Å². The zero-order valence-electron chi connectivity index (χ0n) is 6.45. The second-order valence-corrected chi connectivity index (χ2v) is 6.23. The molecule has 0 heterocycles. The Morgan fingerprint density at radius 1 is 1.15 bits per heavy atom. The highest BCUT2D eigenvalue weighted by molar-refractivity contribution is 9.08. The zero-order chi connectivity index (χ0) is 10.3. The van der Waals surface area contributed by atoms with Gasteiger partial charge < -0.3 is 0 Å². The van der Waals surface area contributed by atoms with Crippen LogP contribution in [0.25, 0.3) is 0 Å². The molecule has 1 aromatic carbocycles. The second kappa shape index (κ2) is 6.65. The Hall–Kier alpha value is 0.230. The second-order valence-electron chi connectivity index (χ2n) is 2.00. The van der Waals surface area contributed by atoms with E-state index in [-0.39, 0.29) is 0 Å². The highest BCUT2D eigenvalue weighted by Crippen LogP contribution is 2.02. The molecule has 0 saturated carbocycles. The number of alkyl halides is 1. The Morgan fingerprint density at radius 2 is 1.54 bits per heavy atom. The third kappa shape index (κ3) is 12.2. The maximum Gasteiger partial charge on any atom is 0.317 e. The highest BCUT2D eigenvalue weighted by atomic mass is 79.9. The van der Waals surface area contributed by atoms with Crippen LogP contribution in [0.2, 0.25) is 0 Å². The van der Waals surface area contributed by atoms with Gasteiger partial charge >= 0.3 is 8.26 Å². The van der Waals surface area contributed by atoms with Crippen LogP contribution in [-0.2, 0) is 13.6 Å². The quantitative estimate of drug-likeness (QED) is 0.589. The van der Waals surface area contributed by atoms with Gasteiger partial charge in [0.2, 0.25) is 0 Å². The van der Waals surface area contributed by atoms with Crippen LogP contribution in [0.5, 0.6) is 0 Å². The van der Waals surface area contributed by atoms with Gasteiger partial charge in [-0.25, -0.2) is 0 Å². The first-order valence-corrected chi connectivity index (χ1v) is 7.43. The van der Waals surface area contributed by atoms with E-state index in [1.165, 1.54) is 5.56 Å². The fourth-order valence-electron chi connectivity index (χ4n) is 0.567. The molecular formula is C7H7BrCl2O2S. The molecule has 1 rings (SSSR count). The molecule has 2 nitrogen and oxygen atoms in total. The minimum Gasteiger partial charge on any atom is -0.195 e. The van der Waals surface area contributed by atoms with Crippen LogP contribution in [0.3, 0.4) is 0 Å². The summed E-state index contributed by atoms with van der Waals surface area (Å²) in [4.78, 5) is 0. The predicted molar refractivity (Wildman–Crippen MR) is 59.7 cm³/mol. The summed E-state index contributed by atoms with van der Waals surface area (Å²) in [7, 11) is 4.81. The van der Waals surface area contributed by atoms with E-state index < -0.39 is 8.26 Å². The van der Waals surface area contributed by atoms with Crippen molar-refractivity contribution in [2.75, 3.05) is 0 Å². The molecule has 0 radical (unpaired) electrons. The molecule has 0 saturated heterocycles. The normalized spacial score (nSPS) is 10.1. The van der Waals surface area contributed by atoms with Gasteiger partial charge in [-0.3, -0.25) is 0 Å². The average molecular weight is 306 g/mol. The van der Waals surface area contributed by atoms with Gasteiger partial charge in [0.05, 0.1) is 0 Å². The van der Waals surface area contributed by atoms with E-state index in [1.54, 1.807) is 0 Å². The molecular weight excluding hydrogens is 299 g/mol. The molecule has 0 unspecified atom stereocenters. The standard InChI is InChI=1S/C7H7Br.Cl2O2S/c8-6-7-4-2-1-3-5-7;1-5(2,3)4/h1-5H,6H2;. The summed E-state index contributed by atoms with van der Waals surface area (Å²) in [6.07, 6.45) is 0. The summed E-state index contributed by atoms with van der Waals surface area (Å²) in [6.45, 7) is 0. The summed E-state index contributed by atoms with van der Waals surface area (Å²) in [5.41, 5.74) is 1.33. The summed E-state index contributed by atoms with van der Waals surface area (Å²) < 4.78 is 18.3. The first kappa shape index (κ1) is 13.2. The largest absolute Gasteiger partial charge is 0.317 e. The van der Waals surface area contributed by atoms with E-state index in [4.69, 9.17) is 8.42 Å². The molecule has 74 valence electrons. The van der Waals surface area contributed by atoms with E-state index in [1.807, 2.05) is 18.2 Å². The van der Waals surface area contributed by atoms with Crippen LogP contribution in [0.15, 0.2) is 30.3 Å². The fraction of sp³-hybridized carbons (Fsp3) is 0.143. The van der Waals surface area contributed by atoms with Gasteiger partial charge in [-0.15, -0.1) is 0 Å². The van der Waals surface area contributed by atoms with Crippen LogP contribution in [-0.4, -0.2) is 8.42 Å². The van der Waals surface area contributed by atoms with Crippen LogP contribution < -0.4 is 0 Å². The maximum atomic E-state index is 9.16. The zero-order valence-corrected chi connectivity index (χ0v) is 10.4. The van der Waals surface area contributed by atoms with E-state index >= 15 is 0 Å². The molecule has 0 aromatic heterocycles. The van der Waals surface area contributed by atoms with Crippen LogP contribution in [0.1, 0.15) is 5.56 Å². The van der Waals surface area contributed by atoms with Gasteiger partial charge in [0.25, 0.3) is 0 Å². The first-order chi connectivity index (χ1) is 5.93. The van der Waals surface area contributed by atoms with Crippen molar-refractivity contribution in [3.8, 4) is 0 Å². The molecule has 1 aromatic rings. The molecule has 0 aliphatic rings. The lowest BCUT2D eigenvalue weighted by molar-refractivity contribution is 0.621. The van der Waals surface area contributed by atoms with Crippen molar-refractivity contribution in [2.24, 2.45) is 0 Å². The Kier molecular flexibility index (Phi) is 6.77. The van der Waals surface area contributed by atoms with Crippen molar-refractivity contribution in [3.05, 3.63) is 35.9 Å². The molecule has 0 aliphatic carbocycles. The van der Waals surface area contributed by atoms with E-state index in [0.29, 0.717) is 0 Å². The van der Waals surface area contributed by atoms with Crippen molar-refractivity contribution in [2.45, 2.75) is 5.33 Å². The van der Waals surface area contributed by atoms with Gasteiger partial charge in [-0.05, 0) is 5.56 Å². The molecule has 13 heavy (non-hydrogen) atoms. The number of rotatable bonds is 1. The molecule has 0 bridgehead atoms. The third-order valence-corrected chi connectivity index (χ3v) is 1.64. The minimum absolute atomic E-state index is 0.952. The van der Waals surface area contributed by atoms with Crippen LogP contribution >= 0.6 is 37.3 Å². The number of hydrogen-bond acceptors (Lipinski definition) is 2. The lowest BCUT2D eigenvalue weighted by atomic mass is 10.2. The third-order valence-electron chi connectivity index (χ3n) is 0.997. The molecule has 6 heteroatoms. The van der Waals surface area contributed by atoms with Crippen LogP contribution in [0.4, 0.5) is 0 Å². The summed E-state index contributed by atoms with van der Waals surface area (Å²) in [5, 5.41) is 0.952. The minimum atomic E-state index is -3.72. The summed E-state index contributed by atoms with van der Waals surface area (Å²) in [5.74, 6) is 0. The Morgan fingerprint density at radius 3 is 1.77 bits per heavy atom. The number of benzene rings is 1. The van der Waals surface area contributed by atoms with Gasteiger partial charge in [0, 0.05) is 26.7 Å². The maximum absolute atomic E-state index is 9.16. The van der Waals surface area contributed by atoms with Gasteiger partial charge in [0.15, 0.2) is 0 Å². The fourth-order valence-corrected chi connectivity index (χ4v) is 0.941. The molecule has 0 fully saturated rings. The van der Waals surface area contributed by atoms with Crippen LogP contribution in [0, 0.1) is 0 Å². The van der Waals surface area contributed by atoms with Gasteiger partial charge in [0.1, 0.15) is 0 Å². The van der Waals surface area contributed by atoms with Crippen molar-refractivity contribution < 1.29 is 8.42 Å². The van der Waals surface area contributed by atoms with E-state index in [2.05, 4.69) is 49.4 Å². The van der Waals surface area contributed by atoms with Crippen molar-refractivity contribution in [1.82, 2.24) is 0 Å². The number of hydrogen-bond donors (Lipinski definition) is 0. The highest BCUT2D eigenvalue weighted by Gasteiger charge is 1.88. The monoisotopic (exact) mass is 304 g/mol. The van der Waals surface area contributed by atoms with Crippen molar-refractivity contribution in [1.29, 1.82) is 0 Å². The average Bonchev–Trinajstić information content (AvgIpc) is 2.03. The smallest absolute Gasteiger partial charge is 0.195 e. The SMILES string of the molecule is BrCc1ccccc1.O=S(=O)(Cl)Cl. The Balaban J connectivity index is 0.000000252. The summed E-state index contributed by atoms with van der Waals surface area (Å²) >= 11 is 3.36. The Labute approximate surface area is 94.9 Å². The molecule has 0 spiro atoms. The van der Waals surface area contributed by atoms with Gasteiger partial charge in [-0.2, -0.15) is 8.42 Å². The van der Waals surface area contributed by atoms with E-state index in [0.717, 1.165) is 5.33 Å². The Bertz CT molecular complexity index is 318. The van der Waals surface area contributed by atoms with Crippen molar-refractivity contribution in [3.63, 3.8) is 0 Å². The first-order valence-electron chi connectivity index (χ1n) is 3.17. The van der Waals surface area contributed by atoms with E-state index in [9.17, 15) is 0 Å². The summed E-state index contributed by atoms with van der Waals surface area (Å²) in [6, 6.07) is 10.3. The number of halogens is 3. The van der Waals surface area contributed by atoms with Gasteiger partial charge in [-0.1, -0.05) is 46.3 Å². The molecule has 0 aliphatic heterocycles. The molecule has 0 N–H and O–H groups in total.